The Hall–Kier alpha value is -1.84. The Balaban J connectivity index is 1.46. The molecular weight excluding hydrogens is 276 g/mol. The van der Waals surface area contributed by atoms with E-state index in [1.54, 1.807) is 0 Å². The number of nitrogens with zero attached hydrogens (tertiary/aromatic N) is 1. The highest BCUT2D eigenvalue weighted by molar-refractivity contribution is 5.98. The van der Waals surface area contributed by atoms with Crippen molar-refractivity contribution in [3.63, 3.8) is 0 Å². The third kappa shape index (κ3) is 2.13. The second-order valence-corrected chi connectivity index (χ2v) is 7.11. The summed E-state index contributed by atoms with van der Waals surface area (Å²) in [4.78, 5) is 26.0. The summed E-state index contributed by atoms with van der Waals surface area (Å²) in [5.41, 5.74) is 3.23. The van der Waals surface area contributed by atoms with E-state index in [9.17, 15) is 9.59 Å². The van der Waals surface area contributed by atoms with Crippen LogP contribution in [0.5, 0.6) is 0 Å². The molecule has 2 aliphatic carbocycles. The summed E-state index contributed by atoms with van der Waals surface area (Å²) >= 11 is 0. The van der Waals surface area contributed by atoms with Gasteiger partial charge in [0.25, 0.3) is 0 Å². The zero-order valence-electron chi connectivity index (χ0n) is 13.0. The largest absolute Gasteiger partial charge is 0.326 e. The predicted octanol–water partition coefficient (Wildman–Crippen LogP) is 3.25. The van der Waals surface area contributed by atoms with E-state index in [-0.39, 0.29) is 17.7 Å². The highest BCUT2D eigenvalue weighted by Crippen LogP contribution is 2.65. The predicted molar refractivity (Wildman–Crippen MR) is 85.8 cm³/mol. The van der Waals surface area contributed by atoms with E-state index in [0.29, 0.717) is 11.8 Å². The molecule has 4 heteroatoms. The maximum atomic E-state index is 12.3. The minimum absolute atomic E-state index is 0.170. The highest BCUT2D eigenvalue weighted by Gasteiger charge is 2.60. The lowest BCUT2D eigenvalue weighted by molar-refractivity contribution is -0.118. The van der Waals surface area contributed by atoms with Gasteiger partial charge in [0, 0.05) is 30.3 Å². The standard InChI is InChI=1S/C18H22N2O2/c1-12-10-13(5-6-15(12)20-9-2-4-16(20)21)19-17(22)14-11-18(14)7-3-8-18/h5-6,10,14H,2-4,7-9,11H2,1H3,(H,19,22). The first-order valence-electron chi connectivity index (χ1n) is 8.31. The SMILES string of the molecule is Cc1cc(NC(=O)C2CC23CCC3)ccc1N1CCCC1=O. The van der Waals surface area contributed by atoms with Gasteiger partial charge >= 0.3 is 0 Å². The van der Waals surface area contributed by atoms with Crippen molar-refractivity contribution in [1.82, 2.24) is 0 Å². The number of amides is 2. The number of aryl methyl sites for hydroxylation is 1. The first-order chi connectivity index (χ1) is 10.6. The summed E-state index contributed by atoms with van der Waals surface area (Å²) in [5, 5.41) is 3.05. The van der Waals surface area contributed by atoms with Gasteiger partial charge in [-0.15, -0.1) is 0 Å². The molecule has 22 heavy (non-hydrogen) atoms. The number of anilines is 2. The van der Waals surface area contributed by atoms with Crippen LogP contribution in [0.1, 0.15) is 44.1 Å². The molecule has 1 spiro atoms. The molecular formula is C18H22N2O2. The van der Waals surface area contributed by atoms with E-state index in [1.165, 1.54) is 19.3 Å². The van der Waals surface area contributed by atoms with Crippen molar-refractivity contribution in [3.05, 3.63) is 23.8 Å². The molecule has 0 radical (unpaired) electrons. The maximum absolute atomic E-state index is 12.3. The fourth-order valence-electron chi connectivity index (χ4n) is 4.07. The zero-order valence-corrected chi connectivity index (χ0v) is 13.0. The number of benzene rings is 1. The third-order valence-corrected chi connectivity index (χ3v) is 5.68. The van der Waals surface area contributed by atoms with Crippen molar-refractivity contribution < 1.29 is 9.59 Å². The van der Waals surface area contributed by atoms with Gasteiger partial charge in [0.15, 0.2) is 0 Å². The minimum atomic E-state index is 0.170. The van der Waals surface area contributed by atoms with Gasteiger partial charge in [-0.1, -0.05) is 6.42 Å². The van der Waals surface area contributed by atoms with Crippen molar-refractivity contribution in [2.24, 2.45) is 11.3 Å². The number of carbonyl (C=O) groups excluding carboxylic acids is 2. The Labute approximate surface area is 130 Å². The average molecular weight is 298 g/mol. The van der Waals surface area contributed by atoms with Crippen LogP contribution in [-0.2, 0) is 9.59 Å². The monoisotopic (exact) mass is 298 g/mol. The van der Waals surface area contributed by atoms with E-state index < -0.39 is 0 Å². The van der Waals surface area contributed by atoms with Gasteiger partial charge in [-0.2, -0.15) is 0 Å². The molecule has 0 aromatic heterocycles. The molecule has 1 atom stereocenters. The second kappa shape index (κ2) is 4.83. The molecule has 3 aliphatic rings. The molecule has 1 aromatic carbocycles. The lowest BCUT2D eigenvalue weighted by Crippen LogP contribution is -2.25. The van der Waals surface area contributed by atoms with Gasteiger partial charge in [-0.05, 0) is 61.8 Å². The summed E-state index contributed by atoms with van der Waals surface area (Å²) in [6.07, 6.45) is 6.36. The number of rotatable bonds is 3. The molecule has 4 rings (SSSR count). The van der Waals surface area contributed by atoms with E-state index in [1.807, 2.05) is 30.0 Å². The van der Waals surface area contributed by atoms with Gasteiger partial charge in [0.2, 0.25) is 11.8 Å². The van der Waals surface area contributed by atoms with Crippen molar-refractivity contribution in [3.8, 4) is 0 Å². The molecule has 0 bridgehead atoms. The van der Waals surface area contributed by atoms with Crippen LogP contribution < -0.4 is 10.2 Å². The average Bonchev–Trinajstić information content (AvgIpc) is 3.10. The third-order valence-electron chi connectivity index (χ3n) is 5.68. The number of carbonyl (C=O) groups is 2. The molecule has 1 saturated heterocycles. The lowest BCUT2D eigenvalue weighted by atomic mass is 9.79. The number of nitrogens with one attached hydrogen (secondary N) is 1. The summed E-state index contributed by atoms with van der Waals surface area (Å²) in [5.74, 6) is 0.593. The topological polar surface area (TPSA) is 49.4 Å². The van der Waals surface area contributed by atoms with Crippen LogP contribution in [-0.4, -0.2) is 18.4 Å². The summed E-state index contributed by atoms with van der Waals surface area (Å²) in [6, 6.07) is 5.86. The number of hydrogen-bond donors (Lipinski definition) is 1. The van der Waals surface area contributed by atoms with E-state index in [0.717, 1.165) is 36.3 Å². The van der Waals surface area contributed by atoms with Crippen molar-refractivity contribution in [2.45, 2.75) is 45.4 Å². The quantitative estimate of drug-likeness (QED) is 0.931. The van der Waals surface area contributed by atoms with Crippen LogP contribution in [0.3, 0.4) is 0 Å². The second-order valence-electron chi connectivity index (χ2n) is 7.11. The van der Waals surface area contributed by atoms with Gasteiger partial charge in [0.05, 0.1) is 0 Å². The Kier molecular flexibility index (Phi) is 3.03. The van der Waals surface area contributed by atoms with Gasteiger partial charge < -0.3 is 10.2 Å². The minimum Gasteiger partial charge on any atom is -0.326 e. The van der Waals surface area contributed by atoms with Crippen LogP contribution >= 0.6 is 0 Å². The van der Waals surface area contributed by atoms with Crippen LogP contribution in [0.4, 0.5) is 11.4 Å². The smallest absolute Gasteiger partial charge is 0.228 e. The number of hydrogen-bond acceptors (Lipinski definition) is 2. The molecule has 3 fully saturated rings. The van der Waals surface area contributed by atoms with Crippen LogP contribution in [0.15, 0.2) is 18.2 Å². The van der Waals surface area contributed by atoms with E-state index in [2.05, 4.69) is 5.32 Å². The van der Waals surface area contributed by atoms with Crippen LogP contribution in [0.2, 0.25) is 0 Å². The first-order valence-corrected chi connectivity index (χ1v) is 8.31. The normalized spacial score (nSPS) is 25.2. The molecule has 4 nitrogen and oxygen atoms in total. The fraction of sp³-hybridized carbons (Fsp3) is 0.556. The van der Waals surface area contributed by atoms with Crippen molar-refractivity contribution in [2.75, 3.05) is 16.8 Å². The molecule has 116 valence electrons. The lowest BCUT2D eigenvalue weighted by Gasteiger charge is -2.26. The Morgan fingerprint density at radius 1 is 1.32 bits per heavy atom. The Morgan fingerprint density at radius 2 is 2.14 bits per heavy atom. The van der Waals surface area contributed by atoms with Crippen LogP contribution in [0.25, 0.3) is 0 Å². The Morgan fingerprint density at radius 3 is 2.68 bits per heavy atom. The molecule has 1 aliphatic heterocycles. The van der Waals surface area contributed by atoms with Crippen LogP contribution in [0, 0.1) is 18.3 Å². The first kappa shape index (κ1) is 13.8. The summed E-state index contributed by atoms with van der Waals surface area (Å²) in [6.45, 7) is 2.80. The highest BCUT2D eigenvalue weighted by atomic mass is 16.2. The molecule has 1 N–H and O–H groups in total. The molecule has 2 amide bonds. The van der Waals surface area contributed by atoms with Gasteiger partial charge in [-0.3, -0.25) is 9.59 Å². The van der Waals surface area contributed by atoms with Crippen molar-refractivity contribution >= 4 is 23.2 Å². The van der Waals surface area contributed by atoms with Gasteiger partial charge in [-0.25, -0.2) is 0 Å². The van der Waals surface area contributed by atoms with E-state index in [4.69, 9.17) is 0 Å². The molecule has 2 saturated carbocycles. The molecule has 1 heterocycles. The Bertz CT molecular complexity index is 648. The summed E-state index contributed by atoms with van der Waals surface area (Å²) in [7, 11) is 0. The molecule has 1 aromatic rings. The molecule has 1 unspecified atom stereocenters. The van der Waals surface area contributed by atoms with E-state index >= 15 is 0 Å². The fourth-order valence-corrected chi connectivity index (χ4v) is 4.07. The zero-order chi connectivity index (χ0) is 15.3. The van der Waals surface area contributed by atoms with Gasteiger partial charge in [0.1, 0.15) is 0 Å². The van der Waals surface area contributed by atoms with Crippen molar-refractivity contribution in [1.29, 1.82) is 0 Å². The summed E-state index contributed by atoms with van der Waals surface area (Å²) < 4.78 is 0. The maximum Gasteiger partial charge on any atom is 0.228 e.